The predicted octanol–water partition coefficient (Wildman–Crippen LogP) is 0.611. The molecule has 296 valence electrons. The number of methoxy groups -OCH3 is 2. The number of Topliss-reactive ketones (excluding diaryl/α,β-unsaturated/α-hetero) is 3. The number of aliphatic hydroxyl groups excluding tert-OH is 2. The zero-order valence-electron chi connectivity index (χ0n) is 30.9. The van der Waals surface area contributed by atoms with Crippen molar-refractivity contribution in [3.63, 3.8) is 0 Å². The van der Waals surface area contributed by atoms with Gasteiger partial charge < -0.3 is 54.5 Å². The summed E-state index contributed by atoms with van der Waals surface area (Å²) in [4.78, 5) is 81.5. The third-order valence-electron chi connectivity index (χ3n) is 11.4. The Balaban J connectivity index is 1.26. The molecule has 1 fully saturated rings. The standard InChI is InChI=1S/C39H39NO16/c1-13-9-17-10-23(43)39(53-6)35(49)27-19(34(48)38(39,51)28(17)32(47)25(13)37(50)52-5)11-18-26(31(27)46)22(42)12-20(30(18)45)40-36-14(2)29(44)33(16(4)55-36)56-24-8-7-21(41)15(3)54-24/h7-9,11-12,14-16,23-24,29,33,36,40,43-44,46-47,51H,10H2,1-6H3/t14-,15+,16+,23-,24-,29+,33+,36?,38+,39-/m1/s1. The van der Waals surface area contributed by atoms with Crippen LogP contribution in [0, 0.1) is 12.8 Å². The molecule has 2 heterocycles. The lowest BCUT2D eigenvalue weighted by Gasteiger charge is -2.52. The van der Waals surface area contributed by atoms with Crippen LogP contribution in [0.3, 0.4) is 0 Å². The maximum atomic E-state index is 14.7. The van der Waals surface area contributed by atoms with Crippen LogP contribution in [0.5, 0.6) is 11.5 Å². The third-order valence-corrected chi connectivity index (χ3v) is 11.4. The number of ketones is 5. The molecule has 17 heteroatoms. The van der Waals surface area contributed by atoms with E-state index in [2.05, 4.69) is 5.32 Å². The Bertz CT molecular complexity index is 2210. The number of allylic oxidation sites excluding steroid dienone is 2. The quantitative estimate of drug-likeness (QED) is 0.220. The number of aryl methyl sites for hydroxylation is 1. The molecule has 1 unspecified atom stereocenters. The van der Waals surface area contributed by atoms with E-state index in [-0.39, 0.29) is 22.6 Å². The Morgan fingerprint density at radius 2 is 1.64 bits per heavy atom. The van der Waals surface area contributed by atoms with Crippen molar-refractivity contribution < 1.29 is 78.0 Å². The van der Waals surface area contributed by atoms with E-state index in [0.717, 1.165) is 26.4 Å². The summed E-state index contributed by atoms with van der Waals surface area (Å²) in [6.07, 6.45) is -4.64. The first kappa shape index (κ1) is 39.1. The van der Waals surface area contributed by atoms with Crippen molar-refractivity contribution in [2.45, 2.75) is 88.4 Å². The molecule has 10 atom stereocenters. The molecule has 2 aromatic carbocycles. The molecule has 0 aromatic heterocycles. The summed E-state index contributed by atoms with van der Waals surface area (Å²) < 4.78 is 27.8. The van der Waals surface area contributed by atoms with Crippen LogP contribution in [0.2, 0.25) is 0 Å². The Morgan fingerprint density at radius 3 is 2.29 bits per heavy atom. The number of phenolic OH excluding ortho intramolecular Hbond substituents is 2. The molecule has 2 aromatic rings. The first-order valence-corrected chi connectivity index (χ1v) is 17.7. The van der Waals surface area contributed by atoms with Gasteiger partial charge >= 0.3 is 5.97 Å². The van der Waals surface area contributed by atoms with Crippen LogP contribution in [0.1, 0.15) is 89.3 Å². The second-order valence-electron chi connectivity index (χ2n) is 14.6. The van der Waals surface area contributed by atoms with Crippen molar-refractivity contribution in [2.24, 2.45) is 5.92 Å². The lowest BCUT2D eigenvalue weighted by atomic mass is 9.56. The number of benzene rings is 2. The van der Waals surface area contributed by atoms with Crippen molar-refractivity contribution >= 4 is 34.9 Å². The maximum Gasteiger partial charge on any atom is 0.341 e. The molecule has 56 heavy (non-hydrogen) atoms. The van der Waals surface area contributed by atoms with E-state index < -0.39 is 141 Å². The lowest BCUT2D eigenvalue weighted by molar-refractivity contribution is -0.258. The van der Waals surface area contributed by atoms with Crippen LogP contribution in [-0.2, 0) is 40.5 Å². The molecule has 3 aliphatic carbocycles. The fraction of sp³-hybridized carbons (Fsp3) is 0.436. The average molecular weight is 778 g/mol. The van der Waals surface area contributed by atoms with Crippen molar-refractivity contribution in [3.8, 4) is 11.5 Å². The molecular formula is C39H39NO16. The highest BCUT2D eigenvalue weighted by atomic mass is 16.7. The number of carbonyl (C=O) groups is 6. The van der Waals surface area contributed by atoms with Crippen LogP contribution in [0.4, 0.5) is 0 Å². The van der Waals surface area contributed by atoms with Gasteiger partial charge in [-0.1, -0.05) is 13.0 Å². The van der Waals surface area contributed by atoms with Gasteiger partial charge in [0.1, 0.15) is 35.5 Å². The van der Waals surface area contributed by atoms with Gasteiger partial charge in [-0.2, -0.15) is 0 Å². The number of esters is 1. The van der Waals surface area contributed by atoms with Crippen LogP contribution in [-0.4, -0.2) is 123 Å². The second kappa shape index (κ2) is 13.5. The Labute approximate surface area is 318 Å². The molecule has 17 nitrogen and oxygen atoms in total. The molecule has 0 spiro atoms. The number of ether oxygens (including phenoxy) is 5. The number of hydrogen-bond donors (Lipinski definition) is 6. The minimum absolute atomic E-state index is 0.0131. The van der Waals surface area contributed by atoms with E-state index in [1.165, 1.54) is 25.1 Å². The van der Waals surface area contributed by atoms with Crippen molar-refractivity contribution in [2.75, 3.05) is 14.2 Å². The van der Waals surface area contributed by atoms with Crippen LogP contribution >= 0.6 is 0 Å². The second-order valence-corrected chi connectivity index (χ2v) is 14.6. The molecule has 5 aliphatic rings. The first-order chi connectivity index (χ1) is 26.3. The van der Waals surface area contributed by atoms with Gasteiger partial charge in [0.05, 0.1) is 42.2 Å². The van der Waals surface area contributed by atoms with Gasteiger partial charge in [-0.25, -0.2) is 4.79 Å². The molecule has 0 bridgehead atoms. The number of phenols is 2. The number of carbonyl (C=O) groups excluding carboxylic acids is 6. The number of hydrogen-bond acceptors (Lipinski definition) is 17. The predicted molar refractivity (Wildman–Crippen MR) is 187 cm³/mol. The van der Waals surface area contributed by atoms with E-state index in [1.807, 2.05) is 0 Å². The monoisotopic (exact) mass is 777 g/mol. The molecule has 7 rings (SSSR count). The number of fused-ring (bicyclic) bond motifs is 5. The topological polar surface area (TPSA) is 262 Å². The minimum Gasteiger partial charge on any atom is -0.507 e. The maximum absolute atomic E-state index is 14.7. The first-order valence-electron chi connectivity index (χ1n) is 17.7. The normalized spacial score (nSPS) is 33.6. The van der Waals surface area contributed by atoms with Crippen molar-refractivity contribution in [1.82, 2.24) is 5.32 Å². The Hall–Kier alpha value is -5.14. The molecule has 1 saturated heterocycles. The van der Waals surface area contributed by atoms with Gasteiger partial charge in [0.25, 0.3) is 0 Å². The molecule has 0 radical (unpaired) electrons. The van der Waals surface area contributed by atoms with Crippen LogP contribution < -0.4 is 5.32 Å². The fourth-order valence-corrected chi connectivity index (χ4v) is 8.51. The van der Waals surface area contributed by atoms with E-state index in [4.69, 9.17) is 23.7 Å². The fourth-order valence-electron chi connectivity index (χ4n) is 8.51. The summed E-state index contributed by atoms with van der Waals surface area (Å²) in [5, 5.41) is 61.1. The Kier molecular flexibility index (Phi) is 9.44. The summed E-state index contributed by atoms with van der Waals surface area (Å²) >= 11 is 0. The van der Waals surface area contributed by atoms with Gasteiger partial charge in [-0.3, -0.25) is 24.0 Å². The highest BCUT2D eigenvalue weighted by molar-refractivity contribution is 6.31. The van der Waals surface area contributed by atoms with E-state index in [1.54, 1.807) is 20.8 Å². The largest absolute Gasteiger partial charge is 0.507 e. The summed E-state index contributed by atoms with van der Waals surface area (Å²) in [5.41, 5.74) is -10.2. The number of nitrogens with one attached hydrogen (secondary N) is 1. The van der Waals surface area contributed by atoms with Gasteiger partial charge in [0.2, 0.25) is 17.3 Å². The summed E-state index contributed by atoms with van der Waals surface area (Å²) in [5.74, 6) is -8.76. The van der Waals surface area contributed by atoms with E-state index >= 15 is 0 Å². The molecule has 0 saturated carbocycles. The number of aromatic hydroxyl groups is 2. The zero-order chi connectivity index (χ0) is 40.9. The van der Waals surface area contributed by atoms with Gasteiger partial charge in [-0.15, -0.1) is 0 Å². The van der Waals surface area contributed by atoms with Crippen molar-refractivity contribution in [1.29, 1.82) is 0 Å². The third kappa shape index (κ3) is 5.26. The van der Waals surface area contributed by atoms with Crippen LogP contribution in [0.15, 0.2) is 36.1 Å². The van der Waals surface area contributed by atoms with Gasteiger partial charge in [0, 0.05) is 42.2 Å². The summed E-state index contributed by atoms with van der Waals surface area (Å²) in [6.45, 7) is 6.18. The molecule has 6 N–H and O–H groups in total. The molecular weight excluding hydrogens is 738 g/mol. The molecule has 2 aliphatic heterocycles. The Morgan fingerprint density at radius 1 is 0.946 bits per heavy atom. The smallest absolute Gasteiger partial charge is 0.341 e. The van der Waals surface area contributed by atoms with Gasteiger partial charge in [0.15, 0.2) is 29.1 Å². The molecule has 0 amide bonds. The van der Waals surface area contributed by atoms with Gasteiger partial charge in [-0.05, 0) is 50.1 Å². The number of rotatable bonds is 6. The van der Waals surface area contributed by atoms with E-state index in [0.29, 0.717) is 0 Å². The average Bonchev–Trinajstić information content (AvgIpc) is 3.14. The highest BCUT2D eigenvalue weighted by Gasteiger charge is 2.72. The highest BCUT2D eigenvalue weighted by Crippen LogP contribution is 2.56. The van der Waals surface area contributed by atoms with Crippen LogP contribution in [0.25, 0.3) is 0 Å². The summed E-state index contributed by atoms with van der Waals surface area (Å²) in [7, 11) is 1.95. The minimum atomic E-state index is -3.25. The van der Waals surface area contributed by atoms with E-state index in [9.17, 15) is 54.3 Å². The lowest BCUT2D eigenvalue weighted by Crippen LogP contribution is -2.73. The number of aliphatic hydroxyl groups is 3. The SMILES string of the molecule is COC(=O)c1c(C)cc2c(c1O)[C@]1(O)C(=O)c3cc4c(c(O)c3C(=O)[C@]1(OC)[C@H](O)C2)C(=O)C=C(NC1O[C@@H](C)[C@H](O[C@@H]2C=CC(=O)[C@H](C)O2)[C@@H](O)[C@H]1C)C4=O. The zero-order valence-corrected chi connectivity index (χ0v) is 30.9. The van der Waals surface area contributed by atoms with Crippen molar-refractivity contribution in [3.05, 3.63) is 80.6 Å². The summed E-state index contributed by atoms with van der Waals surface area (Å²) in [6, 6.07) is 2.18.